The maximum absolute atomic E-state index is 12.2. The second-order valence-corrected chi connectivity index (χ2v) is 3.40. The van der Waals surface area contributed by atoms with E-state index >= 15 is 0 Å². The number of nitrogens with zero attached hydrogens (tertiary/aromatic N) is 1. The normalized spacial score (nSPS) is 23.0. The Bertz CT molecular complexity index is 140. The molecule has 12 heavy (non-hydrogen) atoms. The van der Waals surface area contributed by atoms with Gasteiger partial charge in [0.2, 0.25) is 0 Å². The van der Waals surface area contributed by atoms with Gasteiger partial charge in [-0.2, -0.15) is 0 Å². The van der Waals surface area contributed by atoms with Crippen molar-refractivity contribution >= 4 is 6.98 Å². The first kappa shape index (κ1) is 9.90. The SMILES string of the molecule is CCN1CCC([B-](F)(F)F)CC1. The standard InChI is InChI=1S/C7H14BF3N/c1-2-12-5-3-7(4-6-12)8(9,10)11/h7H,2-6H2,1H3/q-1. The van der Waals surface area contributed by atoms with Crippen LogP contribution in [0.3, 0.4) is 0 Å². The Hall–Kier alpha value is -0.185. The molecule has 1 heterocycles. The Morgan fingerprint density at radius 2 is 1.75 bits per heavy atom. The largest absolute Gasteiger partial charge is 0.481 e. The molecule has 0 aromatic carbocycles. The zero-order chi connectivity index (χ0) is 9.19. The van der Waals surface area contributed by atoms with Gasteiger partial charge in [0.15, 0.2) is 0 Å². The molecule has 0 atom stereocenters. The average Bonchev–Trinajstić information content (AvgIpc) is 2.03. The summed E-state index contributed by atoms with van der Waals surface area (Å²) in [5.41, 5.74) is 0. The van der Waals surface area contributed by atoms with Gasteiger partial charge in [0, 0.05) is 0 Å². The molecule has 0 amide bonds. The molecular formula is C7H14BF3N-. The van der Waals surface area contributed by atoms with Gasteiger partial charge in [-0.3, -0.25) is 0 Å². The zero-order valence-electron chi connectivity index (χ0n) is 7.27. The molecule has 1 aliphatic heterocycles. The van der Waals surface area contributed by atoms with Gasteiger partial charge >= 0.3 is 6.98 Å². The average molecular weight is 180 g/mol. The van der Waals surface area contributed by atoms with Crippen molar-refractivity contribution in [3.05, 3.63) is 0 Å². The van der Waals surface area contributed by atoms with Gasteiger partial charge in [-0.25, -0.2) is 0 Å². The number of hydrogen-bond acceptors (Lipinski definition) is 1. The molecule has 0 radical (unpaired) electrons. The van der Waals surface area contributed by atoms with Gasteiger partial charge in [-0.05, 0) is 19.6 Å². The van der Waals surface area contributed by atoms with E-state index in [4.69, 9.17) is 0 Å². The molecule has 1 rings (SSSR count). The third-order valence-electron chi connectivity index (χ3n) is 2.61. The molecule has 0 unspecified atom stereocenters. The van der Waals surface area contributed by atoms with Crippen molar-refractivity contribution in [3.63, 3.8) is 0 Å². The van der Waals surface area contributed by atoms with E-state index in [-0.39, 0.29) is 0 Å². The highest BCUT2D eigenvalue weighted by atomic mass is 19.4. The van der Waals surface area contributed by atoms with E-state index in [9.17, 15) is 12.9 Å². The Kier molecular flexibility index (Phi) is 3.04. The Morgan fingerprint density at radius 3 is 2.08 bits per heavy atom. The van der Waals surface area contributed by atoms with Gasteiger partial charge < -0.3 is 17.8 Å². The maximum Gasteiger partial charge on any atom is 0.481 e. The van der Waals surface area contributed by atoms with Gasteiger partial charge in [-0.15, -0.1) is 0 Å². The van der Waals surface area contributed by atoms with E-state index in [0.29, 0.717) is 25.9 Å². The van der Waals surface area contributed by atoms with Crippen LogP contribution in [0.15, 0.2) is 0 Å². The molecule has 0 aliphatic carbocycles. The molecule has 0 bridgehead atoms. The van der Waals surface area contributed by atoms with E-state index in [1.165, 1.54) is 0 Å². The lowest BCUT2D eigenvalue weighted by molar-refractivity contribution is 0.222. The van der Waals surface area contributed by atoms with Crippen LogP contribution in [-0.2, 0) is 0 Å². The lowest BCUT2D eigenvalue weighted by Crippen LogP contribution is -2.38. The second-order valence-electron chi connectivity index (χ2n) is 3.40. The second kappa shape index (κ2) is 3.68. The van der Waals surface area contributed by atoms with Crippen LogP contribution in [0, 0.1) is 0 Å². The molecule has 72 valence electrons. The minimum Gasteiger partial charge on any atom is -0.449 e. The van der Waals surface area contributed by atoms with E-state index in [1.54, 1.807) is 0 Å². The summed E-state index contributed by atoms with van der Waals surface area (Å²) in [6.45, 7) is -0.496. The van der Waals surface area contributed by atoms with Crippen molar-refractivity contribution < 1.29 is 12.9 Å². The summed E-state index contributed by atoms with van der Waals surface area (Å²) in [5.74, 6) is -0.993. The van der Waals surface area contributed by atoms with Crippen LogP contribution in [0.5, 0.6) is 0 Å². The van der Waals surface area contributed by atoms with E-state index < -0.39 is 12.8 Å². The smallest absolute Gasteiger partial charge is 0.449 e. The fraction of sp³-hybridized carbons (Fsp3) is 1.00. The third kappa shape index (κ3) is 2.40. The molecular weight excluding hydrogens is 166 g/mol. The van der Waals surface area contributed by atoms with Gasteiger partial charge in [0.1, 0.15) is 0 Å². The molecule has 1 aliphatic rings. The number of likely N-dealkylation sites (tertiary alicyclic amines) is 1. The summed E-state index contributed by atoms with van der Waals surface area (Å²) in [6, 6.07) is 0. The molecule has 0 spiro atoms. The number of piperidine rings is 1. The number of rotatable bonds is 2. The first-order valence-electron chi connectivity index (χ1n) is 4.46. The van der Waals surface area contributed by atoms with E-state index in [2.05, 4.69) is 4.90 Å². The lowest BCUT2D eigenvalue weighted by atomic mass is 9.67. The molecule has 0 aromatic rings. The fourth-order valence-corrected chi connectivity index (χ4v) is 1.65. The number of hydrogen-bond donors (Lipinski definition) is 0. The Labute approximate surface area is 71.0 Å². The first-order chi connectivity index (χ1) is 5.54. The van der Waals surface area contributed by atoms with Crippen molar-refractivity contribution in [2.75, 3.05) is 19.6 Å². The summed E-state index contributed by atoms with van der Waals surface area (Å²) in [5, 5.41) is 0. The summed E-state index contributed by atoms with van der Waals surface area (Å²) in [6.07, 6.45) is 0.606. The van der Waals surface area contributed by atoms with Crippen LogP contribution in [0.25, 0.3) is 0 Å². The van der Waals surface area contributed by atoms with Crippen LogP contribution in [-0.4, -0.2) is 31.5 Å². The monoisotopic (exact) mass is 180 g/mol. The molecule has 1 fully saturated rings. The third-order valence-corrected chi connectivity index (χ3v) is 2.61. The predicted molar refractivity (Wildman–Crippen MR) is 44.2 cm³/mol. The van der Waals surface area contributed by atoms with Crippen LogP contribution >= 0.6 is 0 Å². The Balaban J connectivity index is 2.36. The molecule has 0 saturated carbocycles. The Morgan fingerprint density at radius 1 is 1.25 bits per heavy atom. The minimum absolute atomic E-state index is 0.303. The van der Waals surface area contributed by atoms with Crippen LogP contribution < -0.4 is 0 Å². The summed E-state index contributed by atoms with van der Waals surface area (Å²) in [7, 11) is 0. The van der Waals surface area contributed by atoms with Crippen LogP contribution in [0.2, 0.25) is 5.82 Å². The van der Waals surface area contributed by atoms with Gasteiger partial charge in [-0.1, -0.05) is 25.6 Å². The van der Waals surface area contributed by atoms with Crippen molar-refractivity contribution in [1.29, 1.82) is 0 Å². The zero-order valence-corrected chi connectivity index (χ0v) is 7.27. The molecule has 1 nitrogen and oxygen atoms in total. The topological polar surface area (TPSA) is 3.24 Å². The van der Waals surface area contributed by atoms with Crippen LogP contribution in [0.4, 0.5) is 12.9 Å². The predicted octanol–water partition coefficient (Wildman–Crippen LogP) is 2.32. The quantitative estimate of drug-likeness (QED) is 0.589. The highest BCUT2D eigenvalue weighted by molar-refractivity contribution is 6.60. The summed E-state index contributed by atoms with van der Waals surface area (Å²) in [4.78, 5) is 2.07. The fourth-order valence-electron chi connectivity index (χ4n) is 1.65. The van der Waals surface area contributed by atoms with Gasteiger partial charge in [0.05, 0.1) is 0 Å². The van der Waals surface area contributed by atoms with Crippen LogP contribution in [0.1, 0.15) is 19.8 Å². The molecule has 5 heteroatoms. The van der Waals surface area contributed by atoms with E-state index in [0.717, 1.165) is 6.54 Å². The van der Waals surface area contributed by atoms with Gasteiger partial charge in [0.25, 0.3) is 0 Å². The highest BCUT2D eigenvalue weighted by Gasteiger charge is 2.36. The molecule has 1 saturated heterocycles. The molecule has 0 aromatic heterocycles. The van der Waals surface area contributed by atoms with Crippen molar-refractivity contribution in [3.8, 4) is 0 Å². The van der Waals surface area contributed by atoms with Crippen molar-refractivity contribution in [2.24, 2.45) is 0 Å². The first-order valence-corrected chi connectivity index (χ1v) is 4.46. The van der Waals surface area contributed by atoms with Crippen molar-refractivity contribution in [2.45, 2.75) is 25.6 Å². The molecule has 0 N–H and O–H groups in total. The summed E-state index contributed by atoms with van der Waals surface area (Å²) >= 11 is 0. The lowest BCUT2D eigenvalue weighted by Gasteiger charge is -2.35. The van der Waals surface area contributed by atoms with Crippen molar-refractivity contribution in [1.82, 2.24) is 4.90 Å². The highest BCUT2D eigenvalue weighted by Crippen LogP contribution is 2.35. The maximum atomic E-state index is 12.2. The van der Waals surface area contributed by atoms with E-state index in [1.807, 2.05) is 6.92 Å². The number of halogens is 3. The summed E-state index contributed by atoms with van der Waals surface area (Å²) < 4.78 is 36.6. The minimum atomic E-state index is -4.58.